The number of likely N-dealkylation sites (tertiary alicyclic amines) is 1. The Bertz CT molecular complexity index is 630. The maximum atomic E-state index is 4.57. The minimum Gasteiger partial charge on any atom is -0.369 e. The van der Waals surface area contributed by atoms with Gasteiger partial charge in [0.05, 0.1) is 0 Å². The smallest absolute Gasteiger partial charge is 0.193 e. The van der Waals surface area contributed by atoms with E-state index in [1.54, 1.807) is 0 Å². The number of benzene rings is 1. The van der Waals surface area contributed by atoms with Crippen LogP contribution in [0, 0.1) is 11.8 Å². The van der Waals surface area contributed by atoms with Crippen molar-refractivity contribution >= 4 is 35.6 Å². The van der Waals surface area contributed by atoms with Gasteiger partial charge in [-0.25, -0.2) is 0 Å². The highest BCUT2D eigenvalue weighted by atomic mass is 127. The normalized spacial score (nSPS) is 25.0. The summed E-state index contributed by atoms with van der Waals surface area (Å²) in [4.78, 5) is 12.2. The number of anilines is 1. The van der Waals surface area contributed by atoms with E-state index in [2.05, 4.69) is 55.3 Å². The topological polar surface area (TPSA) is 34.1 Å². The summed E-state index contributed by atoms with van der Waals surface area (Å²) >= 11 is 0. The zero-order chi connectivity index (χ0) is 19.9. The Morgan fingerprint density at radius 2 is 1.63 bits per heavy atom. The van der Waals surface area contributed by atoms with Crippen LogP contribution >= 0.6 is 24.0 Å². The van der Waals surface area contributed by atoms with Crippen LogP contribution in [0.1, 0.15) is 38.5 Å². The molecular weight excluding hydrogens is 485 g/mol. The number of rotatable bonds is 6. The minimum absolute atomic E-state index is 0. The van der Waals surface area contributed by atoms with Gasteiger partial charge in [-0.1, -0.05) is 31.0 Å². The van der Waals surface area contributed by atoms with E-state index < -0.39 is 0 Å². The Kier molecular flexibility index (Phi) is 9.56. The number of hydrogen-bond acceptors (Lipinski definition) is 3. The van der Waals surface area contributed by atoms with Gasteiger partial charge < -0.3 is 15.1 Å². The number of hydrogen-bond donors (Lipinski definition) is 1. The second kappa shape index (κ2) is 12.1. The van der Waals surface area contributed by atoms with Crippen molar-refractivity contribution in [3.63, 3.8) is 0 Å². The lowest BCUT2D eigenvalue weighted by molar-refractivity contribution is 0.253. The maximum absolute atomic E-state index is 4.57. The number of guanidine groups is 1. The van der Waals surface area contributed by atoms with Crippen LogP contribution in [0.4, 0.5) is 5.69 Å². The molecule has 2 saturated heterocycles. The molecule has 0 radical (unpaired) electrons. The SMILES string of the molecule is CN=C(NCCCCN1CCN(c2ccccc2)CC1)N1CC2CCCCC2C1.I. The number of piperazine rings is 1. The molecule has 5 nitrogen and oxygen atoms in total. The van der Waals surface area contributed by atoms with E-state index in [1.165, 1.54) is 76.9 Å². The van der Waals surface area contributed by atoms with Crippen molar-refractivity contribution in [2.45, 2.75) is 38.5 Å². The molecule has 0 aromatic heterocycles. The molecule has 3 fully saturated rings. The van der Waals surface area contributed by atoms with Crippen molar-refractivity contribution in [2.75, 3.05) is 64.3 Å². The Balaban J connectivity index is 0.00000256. The Morgan fingerprint density at radius 3 is 2.27 bits per heavy atom. The molecule has 0 spiro atoms. The van der Waals surface area contributed by atoms with Gasteiger partial charge >= 0.3 is 0 Å². The number of aliphatic imine (C=N–C) groups is 1. The van der Waals surface area contributed by atoms with Crippen LogP contribution in [0.15, 0.2) is 35.3 Å². The first kappa shape index (κ1) is 23.6. The van der Waals surface area contributed by atoms with Crippen LogP contribution in [-0.4, -0.2) is 75.2 Å². The first-order valence-electron chi connectivity index (χ1n) is 11.8. The average molecular weight is 526 g/mol. The first-order chi connectivity index (χ1) is 14.3. The second-order valence-electron chi connectivity index (χ2n) is 9.05. The molecule has 2 unspecified atom stereocenters. The zero-order valence-corrected chi connectivity index (χ0v) is 21.0. The summed E-state index contributed by atoms with van der Waals surface area (Å²) in [7, 11) is 1.94. The summed E-state index contributed by atoms with van der Waals surface area (Å²) in [5, 5.41) is 3.64. The number of para-hydroxylation sites is 1. The molecule has 0 amide bonds. The van der Waals surface area contributed by atoms with E-state index in [9.17, 15) is 0 Å². The van der Waals surface area contributed by atoms with Gasteiger partial charge in [0.2, 0.25) is 0 Å². The third-order valence-electron chi connectivity index (χ3n) is 7.17. The van der Waals surface area contributed by atoms with Crippen molar-refractivity contribution in [1.82, 2.24) is 15.1 Å². The Labute approximate surface area is 200 Å². The quantitative estimate of drug-likeness (QED) is 0.265. The maximum Gasteiger partial charge on any atom is 0.193 e. The number of nitrogens with zero attached hydrogens (tertiary/aromatic N) is 4. The van der Waals surface area contributed by atoms with Gasteiger partial charge in [-0.15, -0.1) is 24.0 Å². The van der Waals surface area contributed by atoms with Gasteiger partial charge in [0.25, 0.3) is 0 Å². The van der Waals surface area contributed by atoms with Crippen molar-refractivity contribution in [1.29, 1.82) is 0 Å². The summed E-state index contributed by atoms with van der Waals surface area (Å²) in [6.45, 7) is 9.35. The fourth-order valence-corrected chi connectivity index (χ4v) is 5.44. The lowest BCUT2D eigenvalue weighted by Crippen LogP contribution is -2.46. The summed E-state index contributed by atoms with van der Waals surface area (Å²) in [5.74, 6) is 2.96. The van der Waals surface area contributed by atoms with E-state index in [4.69, 9.17) is 0 Å². The number of nitrogens with one attached hydrogen (secondary N) is 1. The predicted octanol–water partition coefficient (Wildman–Crippen LogP) is 3.90. The van der Waals surface area contributed by atoms with Crippen LogP contribution in [-0.2, 0) is 0 Å². The van der Waals surface area contributed by atoms with E-state index in [-0.39, 0.29) is 24.0 Å². The summed E-state index contributed by atoms with van der Waals surface area (Å²) < 4.78 is 0. The van der Waals surface area contributed by atoms with Crippen LogP contribution in [0.25, 0.3) is 0 Å². The van der Waals surface area contributed by atoms with Gasteiger partial charge in [0.1, 0.15) is 0 Å². The Hall–Kier alpha value is -1.02. The molecule has 30 heavy (non-hydrogen) atoms. The van der Waals surface area contributed by atoms with Gasteiger partial charge in [0, 0.05) is 58.5 Å². The molecule has 1 N–H and O–H groups in total. The summed E-state index contributed by atoms with van der Waals surface area (Å²) in [5.41, 5.74) is 1.37. The predicted molar refractivity (Wildman–Crippen MR) is 138 cm³/mol. The van der Waals surface area contributed by atoms with Crippen molar-refractivity contribution in [3.05, 3.63) is 30.3 Å². The van der Waals surface area contributed by atoms with E-state index in [0.717, 1.165) is 37.4 Å². The van der Waals surface area contributed by atoms with Crippen LogP contribution in [0.3, 0.4) is 0 Å². The molecule has 4 rings (SSSR count). The zero-order valence-electron chi connectivity index (χ0n) is 18.6. The molecular formula is C24H40IN5. The standard InChI is InChI=1S/C24H39N5.HI/c1-25-24(29-19-21-9-5-6-10-22(21)20-29)26-13-7-8-14-27-15-17-28(18-16-27)23-11-3-2-4-12-23;/h2-4,11-12,21-22H,5-10,13-20H2,1H3,(H,25,26);1H. The Morgan fingerprint density at radius 1 is 0.967 bits per heavy atom. The van der Waals surface area contributed by atoms with Gasteiger partial charge in [-0.05, 0) is 56.2 Å². The molecule has 168 valence electrons. The molecule has 3 aliphatic rings. The number of unbranched alkanes of at least 4 members (excludes halogenated alkanes) is 1. The third-order valence-corrected chi connectivity index (χ3v) is 7.17. The number of fused-ring (bicyclic) bond motifs is 1. The van der Waals surface area contributed by atoms with Crippen LogP contribution < -0.4 is 10.2 Å². The largest absolute Gasteiger partial charge is 0.369 e. The lowest BCUT2D eigenvalue weighted by atomic mass is 9.82. The molecule has 1 aromatic carbocycles. The third kappa shape index (κ3) is 6.25. The summed E-state index contributed by atoms with van der Waals surface area (Å²) in [6, 6.07) is 10.8. The molecule has 6 heteroatoms. The molecule has 2 aliphatic heterocycles. The fourth-order valence-electron chi connectivity index (χ4n) is 5.44. The highest BCUT2D eigenvalue weighted by molar-refractivity contribution is 14.0. The highest BCUT2D eigenvalue weighted by Gasteiger charge is 2.35. The van der Waals surface area contributed by atoms with Gasteiger partial charge in [-0.2, -0.15) is 0 Å². The molecule has 1 aromatic rings. The van der Waals surface area contributed by atoms with Crippen LogP contribution in [0.2, 0.25) is 0 Å². The average Bonchev–Trinajstić information content (AvgIpc) is 3.21. The highest BCUT2D eigenvalue weighted by Crippen LogP contribution is 2.35. The fraction of sp³-hybridized carbons (Fsp3) is 0.708. The van der Waals surface area contributed by atoms with Crippen LogP contribution in [0.5, 0.6) is 0 Å². The van der Waals surface area contributed by atoms with Crippen molar-refractivity contribution < 1.29 is 0 Å². The molecule has 1 aliphatic carbocycles. The second-order valence-corrected chi connectivity index (χ2v) is 9.05. The van der Waals surface area contributed by atoms with E-state index in [1.807, 2.05) is 7.05 Å². The van der Waals surface area contributed by atoms with E-state index >= 15 is 0 Å². The molecule has 1 saturated carbocycles. The van der Waals surface area contributed by atoms with Crippen molar-refractivity contribution in [3.8, 4) is 0 Å². The first-order valence-corrected chi connectivity index (χ1v) is 11.8. The number of halogens is 1. The van der Waals surface area contributed by atoms with E-state index in [0.29, 0.717) is 0 Å². The molecule has 2 heterocycles. The molecule has 2 atom stereocenters. The lowest BCUT2D eigenvalue weighted by Gasteiger charge is -2.36. The molecule has 0 bridgehead atoms. The van der Waals surface area contributed by atoms with Gasteiger partial charge in [0.15, 0.2) is 5.96 Å². The summed E-state index contributed by atoms with van der Waals surface area (Å²) in [6.07, 6.45) is 8.20. The van der Waals surface area contributed by atoms with Gasteiger partial charge in [-0.3, -0.25) is 9.89 Å². The van der Waals surface area contributed by atoms with Crippen molar-refractivity contribution in [2.24, 2.45) is 16.8 Å². The minimum atomic E-state index is 0. The monoisotopic (exact) mass is 525 g/mol.